The topological polar surface area (TPSA) is 106 Å². The Morgan fingerprint density at radius 2 is 1.80 bits per heavy atom. The fourth-order valence-electron chi connectivity index (χ4n) is 5.20. The second kappa shape index (κ2) is 12.4. The van der Waals surface area contributed by atoms with Gasteiger partial charge in [0.2, 0.25) is 5.88 Å². The first-order chi connectivity index (χ1) is 21.3. The first-order valence-electron chi connectivity index (χ1n) is 14.8. The normalized spacial score (nSPS) is 14.0. The van der Waals surface area contributed by atoms with Gasteiger partial charge in [0.05, 0.1) is 24.6 Å². The summed E-state index contributed by atoms with van der Waals surface area (Å²) in [6, 6.07) is 23.3. The van der Waals surface area contributed by atoms with E-state index in [0.29, 0.717) is 28.8 Å². The number of morpholine rings is 1. The molecule has 0 unspecified atom stereocenters. The first-order valence-corrected chi connectivity index (χ1v) is 14.8. The van der Waals surface area contributed by atoms with Gasteiger partial charge in [-0.1, -0.05) is 45.0 Å². The van der Waals surface area contributed by atoms with E-state index in [1.807, 2.05) is 59.3 Å². The van der Waals surface area contributed by atoms with Crippen molar-refractivity contribution in [3.8, 4) is 17.3 Å². The zero-order valence-electron chi connectivity index (χ0n) is 25.5. The van der Waals surface area contributed by atoms with Crippen LogP contribution in [0.2, 0.25) is 0 Å². The monoisotopic (exact) mass is 591 g/mol. The Balaban J connectivity index is 1.28. The second-order valence-corrected chi connectivity index (χ2v) is 11.9. The first kappa shape index (κ1) is 29.3. The van der Waals surface area contributed by atoms with Gasteiger partial charge < -0.3 is 20.1 Å². The summed E-state index contributed by atoms with van der Waals surface area (Å²) in [6.45, 7) is 10.5. The van der Waals surface area contributed by atoms with Crippen LogP contribution in [0.1, 0.15) is 42.4 Å². The molecule has 6 rings (SSSR count). The van der Waals surface area contributed by atoms with Crippen molar-refractivity contribution in [2.75, 3.05) is 44.0 Å². The molecule has 3 aromatic carbocycles. The molecule has 0 saturated carbocycles. The van der Waals surface area contributed by atoms with Crippen LogP contribution in [0.4, 0.5) is 11.6 Å². The lowest BCUT2D eigenvalue weighted by Crippen LogP contribution is -2.35. The molecular weight excluding hydrogens is 554 g/mol. The SMILES string of the molecule is CNc1cc(Oc2ccc3c(C(=O)Nc4cc(C(C)(C)C)nn4-c4cccc(CN5CCOCC5)c4)cccc3c2)ncn1. The maximum absolute atomic E-state index is 13.8. The summed E-state index contributed by atoms with van der Waals surface area (Å²) >= 11 is 0. The highest BCUT2D eigenvalue weighted by Crippen LogP contribution is 2.30. The van der Waals surface area contributed by atoms with Gasteiger partial charge in [0.25, 0.3) is 5.91 Å². The Bertz CT molecular complexity index is 1790. The number of nitrogens with one attached hydrogen (secondary N) is 2. The molecule has 0 bridgehead atoms. The standard InChI is InChI=1S/C34H37N7O3/c1-34(2,3)29-19-31(41(39-29)25-9-5-7-23(17-25)21-40-13-15-43-16-14-40)38-33(42)28-10-6-8-24-18-26(11-12-27(24)28)44-32-20-30(35-4)36-22-37-32/h5-12,17-20,22H,13-16,21H2,1-4H3,(H,38,42)(H,35,36,37). The van der Waals surface area contributed by atoms with Gasteiger partial charge in [0.1, 0.15) is 23.7 Å². The minimum Gasteiger partial charge on any atom is -0.439 e. The summed E-state index contributed by atoms with van der Waals surface area (Å²) in [6.07, 6.45) is 1.45. The average molecular weight is 592 g/mol. The van der Waals surface area contributed by atoms with Crippen LogP contribution < -0.4 is 15.4 Å². The Labute approximate surface area is 257 Å². The van der Waals surface area contributed by atoms with Gasteiger partial charge in [-0.15, -0.1) is 0 Å². The van der Waals surface area contributed by atoms with E-state index in [2.05, 4.69) is 58.4 Å². The molecule has 10 heteroatoms. The van der Waals surface area contributed by atoms with Crippen molar-refractivity contribution in [2.24, 2.45) is 0 Å². The minimum atomic E-state index is -0.218. The third-order valence-electron chi connectivity index (χ3n) is 7.60. The molecule has 44 heavy (non-hydrogen) atoms. The van der Waals surface area contributed by atoms with E-state index in [1.165, 1.54) is 11.9 Å². The number of hydrogen-bond donors (Lipinski definition) is 2. The number of ether oxygens (including phenoxy) is 2. The van der Waals surface area contributed by atoms with Crippen molar-refractivity contribution in [3.63, 3.8) is 0 Å². The molecule has 0 radical (unpaired) electrons. The van der Waals surface area contributed by atoms with Crippen molar-refractivity contribution in [1.82, 2.24) is 24.6 Å². The third-order valence-corrected chi connectivity index (χ3v) is 7.60. The molecule has 3 heterocycles. The van der Waals surface area contributed by atoms with Gasteiger partial charge in [0, 0.05) is 49.8 Å². The Morgan fingerprint density at radius 1 is 0.977 bits per heavy atom. The molecule has 1 amide bonds. The number of fused-ring (bicyclic) bond motifs is 1. The Kier molecular flexibility index (Phi) is 8.28. The highest BCUT2D eigenvalue weighted by Gasteiger charge is 2.23. The molecule has 5 aromatic rings. The summed E-state index contributed by atoms with van der Waals surface area (Å²) in [7, 11) is 1.79. The Hall–Kier alpha value is -4.80. The molecule has 0 aliphatic carbocycles. The molecule has 1 aliphatic heterocycles. The molecule has 0 spiro atoms. The van der Waals surface area contributed by atoms with Crippen LogP contribution in [0.15, 0.2) is 79.1 Å². The number of benzene rings is 3. The van der Waals surface area contributed by atoms with Crippen molar-refractivity contribution < 1.29 is 14.3 Å². The van der Waals surface area contributed by atoms with E-state index in [4.69, 9.17) is 14.6 Å². The fourth-order valence-corrected chi connectivity index (χ4v) is 5.20. The summed E-state index contributed by atoms with van der Waals surface area (Å²) < 4.78 is 13.3. The zero-order chi connectivity index (χ0) is 30.7. The molecule has 1 saturated heterocycles. The lowest BCUT2D eigenvalue weighted by atomic mass is 9.92. The van der Waals surface area contributed by atoms with Crippen LogP contribution in [-0.4, -0.2) is 63.9 Å². The predicted molar refractivity (Wildman–Crippen MR) is 172 cm³/mol. The van der Waals surface area contributed by atoms with Gasteiger partial charge >= 0.3 is 0 Å². The molecule has 2 N–H and O–H groups in total. The van der Waals surface area contributed by atoms with Gasteiger partial charge in [-0.25, -0.2) is 14.6 Å². The molecule has 2 aromatic heterocycles. The number of aromatic nitrogens is 4. The van der Waals surface area contributed by atoms with Crippen molar-refractivity contribution in [1.29, 1.82) is 0 Å². The maximum atomic E-state index is 13.8. The number of carbonyl (C=O) groups excluding carboxylic acids is 1. The lowest BCUT2D eigenvalue weighted by molar-refractivity contribution is 0.0342. The molecular formula is C34H37N7O3. The quantitative estimate of drug-likeness (QED) is 0.225. The Morgan fingerprint density at radius 3 is 2.59 bits per heavy atom. The maximum Gasteiger partial charge on any atom is 0.257 e. The minimum absolute atomic E-state index is 0.205. The van der Waals surface area contributed by atoms with Crippen molar-refractivity contribution >= 4 is 28.3 Å². The van der Waals surface area contributed by atoms with Crippen LogP contribution in [0.5, 0.6) is 11.6 Å². The number of anilines is 2. The zero-order valence-corrected chi connectivity index (χ0v) is 25.5. The third kappa shape index (κ3) is 6.56. The number of carbonyl (C=O) groups is 1. The van der Waals surface area contributed by atoms with Crippen molar-refractivity contribution in [3.05, 3.63) is 95.9 Å². The summed E-state index contributed by atoms with van der Waals surface area (Å²) in [4.78, 5) is 24.5. The second-order valence-electron chi connectivity index (χ2n) is 11.9. The number of hydrogen-bond acceptors (Lipinski definition) is 8. The fraction of sp³-hybridized carbons (Fsp3) is 0.294. The molecule has 226 valence electrons. The largest absolute Gasteiger partial charge is 0.439 e. The highest BCUT2D eigenvalue weighted by molar-refractivity contribution is 6.13. The smallest absolute Gasteiger partial charge is 0.257 e. The van der Waals surface area contributed by atoms with Crippen LogP contribution in [-0.2, 0) is 16.7 Å². The number of amides is 1. The molecule has 1 fully saturated rings. The van der Waals surface area contributed by atoms with Gasteiger partial charge in [0.15, 0.2) is 0 Å². The molecule has 10 nitrogen and oxygen atoms in total. The summed E-state index contributed by atoms with van der Waals surface area (Å²) in [5, 5.41) is 12.8. The average Bonchev–Trinajstić information content (AvgIpc) is 3.46. The van der Waals surface area contributed by atoms with Crippen LogP contribution in [0.25, 0.3) is 16.5 Å². The number of rotatable bonds is 8. The van der Waals surface area contributed by atoms with E-state index >= 15 is 0 Å². The van der Waals surface area contributed by atoms with Crippen LogP contribution >= 0.6 is 0 Å². The van der Waals surface area contributed by atoms with Gasteiger partial charge in [-0.3, -0.25) is 9.69 Å². The molecule has 1 aliphatic rings. The van der Waals surface area contributed by atoms with E-state index < -0.39 is 0 Å². The van der Waals surface area contributed by atoms with E-state index in [-0.39, 0.29) is 11.3 Å². The van der Waals surface area contributed by atoms with E-state index in [0.717, 1.165) is 55.0 Å². The number of nitrogens with zero attached hydrogens (tertiary/aromatic N) is 5. The lowest BCUT2D eigenvalue weighted by Gasteiger charge is -2.26. The highest BCUT2D eigenvalue weighted by atomic mass is 16.5. The predicted octanol–water partition coefficient (Wildman–Crippen LogP) is 6.03. The van der Waals surface area contributed by atoms with Crippen LogP contribution in [0, 0.1) is 0 Å². The molecule has 0 atom stereocenters. The van der Waals surface area contributed by atoms with Crippen molar-refractivity contribution in [2.45, 2.75) is 32.7 Å². The van der Waals surface area contributed by atoms with Crippen LogP contribution in [0.3, 0.4) is 0 Å². The van der Waals surface area contributed by atoms with Gasteiger partial charge in [-0.05, 0) is 52.7 Å². The van der Waals surface area contributed by atoms with E-state index in [1.54, 1.807) is 13.1 Å². The van der Waals surface area contributed by atoms with Gasteiger partial charge in [-0.2, -0.15) is 5.10 Å². The summed E-state index contributed by atoms with van der Waals surface area (Å²) in [5.74, 6) is 2.09. The van der Waals surface area contributed by atoms with E-state index in [9.17, 15) is 4.79 Å². The summed E-state index contributed by atoms with van der Waals surface area (Å²) in [5.41, 5.74) is 3.32.